The van der Waals surface area contributed by atoms with Gasteiger partial charge in [-0.2, -0.15) is 0 Å². The quantitative estimate of drug-likeness (QED) is 0.840. The van der Waals surface area contributed by atoms with Crippen LogP contribution in [0.2, 0.25) is 0 Å². The van der Waals surface area contributed by atoms with E-state index in [0.29, 0.717) is 29.0 Å². The number of benzene rings is 1. The Morgan fingerprint density at radius 3 is 2.74 bits per heavy atom. The van der Waals surface area contributed by atoms with Gasteiger partial charge in [-0.1, -0.05) is 19.3 Å². The van der Waals surface area contributed by atoms with Gasteiger partial charge in [-0.25, -0.2) is 4.39 Å². The molecule has 0 bridgehead atoms. The Hall–Kier alpha value is -1.91. The lowest BCUT2D eigenvalue weighted by molar-refractivity contribution is 0.367. The predicted molar refractivity (Wildman–Crippen MR) is 69.9 cm³/mol. The Bertz CT molecular complexity index is 576. The first-order valence-electron chi connectivity index (χ1n) is 6.63. The van der Waals surface area contributed by atoms with E-state index >= 15 is 0 Å². The van der Waals surface area contributed by atoms with Crippen molar-refractivity contribution in [3.05, 3.63) is 29.9 Å². The van der Waals surface area contributed by atoms with Crippen molar-refractivity contribution in [1.29, 1.82) is 0 Å². The molecular weight excluding hydrogens is 245 g/mol. The molecule has 2 N–H and O–H groups in total. The van der Waals surface area contributed by atoms with Crippen LogP contribution < -0.4 is 5.73 Å². The van der Waals surface area contributed by atoms with E-state index in [9.17, 15) is 4.39 Å². The molecule has 0 spiro atoms. The van der Waals surface area contributed by atoms with Crippen LogP contribution in [-0.4, -0.2) is 10.2 Å². The lowest BCUT2D eigenvalue weighted by Gasteiger charge is -2.17. The monoisotopic (exact) mass is 261 g/mol. The third-order valence-corrected chi connectivity index (χ3v) is 3.64. The largest absolute Gasteiger partial charge is 0.420 e. The smallest absolute Gasteiger partial charge is 0.249 e. The first kappa shape index (κ1) is 12.1. The second kappa shape index (κ2) is 4.99. The molecule has 1 aromatic carbocycles. The van der Waals surface area contributed by atoms with E-state index < -0.39 is 0 Å². The lowest BCUT2D eigenvalue weighted by Crippen LogP contribution is -2.04. The molecule has 0 saturated heterocycles. The van der Waals surface area contributed by atoms with Crippen molar-refractivity contribution in [2.24, 2.45) is 0 Å². The van der Waals surface area contributed by atoms with Gasteiger partial charge < -0.3 is 10.2 Å². The summed E-state index contributed by atoms with van der Waals surface area (Å²) in [4.78, 5) is 0. The first-order chi connectivity index (χ1) is 9.24. The summed E-state index contributed by atoms with van der Waals surface area (Å²) in [5.74, 6) is 0.933. The molecule has 1 aliphatic rings. The highest BCUT2D eigenvalue weighted by atomic mass is 19.1. The number of nitrogen functional groups attached to an aromatic ring is 1. The number of nitrogens with zero attached hydrogens (tertiary/aromatic N) is 2. The zero-order valence-corrected chi connectivity index (χ0v) is 10.6. The maximum absolute atomic E-state index is 13.2. The summed E-state index contributed by atoms with van der Waals surface area (Å²) >= 11 is 0. The van der Waals surface area contributed by atoms with Gasteiger partial charge in [-0.3, -0.25) is 0 Å². The predicted octanol–water partition coefficient (Wildman–Crippen LogP) is 3.51. The van der Waals surface area contributed by atoms with Crippen LogP contribution in [0.3, 0.4) is 0 Å². The first-order valence-corrected chi connectivity index (χ1v) is 6.63. The minimum Gasteiger partial charge on any atom is -0.420 e. The van der Waals surface area contributed by atoms with Gasteiger partial charge in [-0.15, -0.1) is 10.2 Å². The molecule has 4 nitrogen and oxygen atoms in total. The van der Waals surface area contributed by atoms with Crippen molar-refractivity contribution >= 4 is 5.69 Å². The van der Waals surface area contributed by atoms with Crippen molar-refractivity contribution in [3.8, 4) is 11.5 Å². The molecule has 1 aromatic heterocycles. The van der Waals surface area contributed by atoms with E-state index in [-0.39, 0.29) is 5.82 Å². The zero-order valence-electron chi connectivity index (χ0n) is 10.6. The average molecular weight is 261 g/mol. The zero-order chi connectivity index (χ0) is 13.2. The average Bonchev–Trinajstić information content (AvgIpc) is 2.92. The van der Waals surface area contributed by atoms with Crippen LogP contribution in [0.5, 0.6) is 0 Å². The van der Waals surface area contributed by atoms with E-state index in [0.717, 1.165) is 12.8 Å². The lowest BCUT2D eigenvalue weighted by atomic mass is 9.89. The van der Waals surface area contributed by atoms with Gasteiger partial charge >= 0.3 is 0 Å². The van der Waals surface area contributed by atoms with Gasteiger partial charge in [0.2, 0.25) is 11.8 Å². The normalized spacial score (nSPS) is 16.7. The third kappa shape index (κ3) is 2.45. The fourth-order valence-corrected chi connectivity index (χ4v) is 2.57. The Labute approximate surface area is 110 Å². The molecule has 0 aliphatic heterocycles. The summed E-state index contributed by atoms with van der Waals surface area (Å²) in [5.41, 5.74) is 6.73. The number of hydrogen-bond donors (Lipinski definition) is 1. The molecule has 2 aromatic rings. The topological polar surface area (TPSA) is 64.9 Å². The minimum atomic E-state index is -0.360. The molecule has 0 unspecified atom stereocenters. The Balaban J connectivity index is 1.89. The van der Waals surface area contributed by atoms with Crippen molar-refractivity contribution < 1.29 is 8.81 Å². The van der Waals surface area contributed by atoms with E-state index in [4.69, 9.17) is 10.2 Å². The second-order valence-electron chi connectivity index (χ2n) is 5.01. The van der Waals surface area contributed by atoms with Gasteiger partial charge in [0.25, 0.3) is 0 Å². The maximum atomic E-state index is 13.2. The molecule has 1 heterocycles. The van der Waals surface area contributed by atoms with Crippen LogP contribution in [-0.2, 0) is 0 Å². The minimum absolute atomic E-state index is 0.303. The molecule has 0 amide bonds. The summed E-state index contributed by atoms with van der Waals surface area (Å²) < 4.78 is 18.9. The van der Waals surface area contributed by atoms with Crippen LogP contribution in [0.4, 0.5) is 10.1 Å². The van der Waals surface area contributed by atoms with Gasteiger partial charge in [0.05, 0.1) is 5.56 Å². The van der Waals surface area contributed by atoms with Crippen LogP contribution >= 0.6 is 0 Å². The fraction of sp³-hybridized carbons (Fsp3) is 0.429. The van der Waals surface area contributed by atoms with Crippen molar-refractivity contribution in [2.75, 3.05) is 5.73 Å². The van der Waals surface area contributed by atoms with E-state index in [1.165, 1.54) is 37.5 Å². The number of rotatable bonds is 2. The number of anilines is 1. The van der Waals surface area contributed by atoms with Gasteiger partial charge in [-0.05, 0) is 31.0 Å². The summed E-state index contributed by atoms with van der Waals surface area (Å²) in [5, 5.41) is 8.09. The van der Waals surface area contributed by atoms with Crippen molar-refractivity contribution in [2.45, 2.75) is 38.0 Å². The second-order valence-corrected chi connectivity index (χ2v) is 5.01. The molecule has 0 radical (unpaired) electrons. The fourth-order valence-electron chi connectivity index (χ4n) is 2.57. The highest BCUT2D eigenvalue weighted by Gasteiger charge is 2.22. The van der Waals surface area contributed by atoms with Crippen molar-refractivity contribution in [3.63, 3.8) is 0 Å². The number of nitrogens with two attached hydrogens (primary N) is 1. The van der Waals surface area contributed by atoms with Crippen molar-refractivity contribution in [1.82, 2.24) is 10.2 Å². The molecular formula is C14H16FN3O. The summed E-state index contributed by atoms with van der Waals surface area (Å²) in [6.45, 7) is 0. The SMILES string of the molecule is Nc1ccc(F)cc1-c1nnc(C2CCCCC2)o1. The Kier molecular flexibility index (Phi) is 3.19. The summed E-state index contributed by atoms with van der Waals surface area (Å²) in [6, 6.07) is 4.15. The molecule has 0 atom stereocenters. The van der Waals surface area contributed by atoms with Crippen LogP contribution in [0.15, 0.2) is 22.6 Å². The van der Waals surface area contributed by atoms with E-state index in [1.807, 2.05) is 0 Å². The standard InChI is InChI=1S/C14H16FN3O/c15-10-6-7-12(16)11(8-10)14-18-17-13(19-14)9-4-2-1-3-5-9/h6-9H,1-5,16H2. The number of aromatic nitrogens is 2. The third-order valence-electron chi connectivity index (χ3n) is 3.64. The Morgan fingerprint density at radius 2 is 1.95 bits per heavy atom. The van der Waals surface area contributed by atoms with E-state index in [2.05, 4.69) is 10.2 Å². The molecule has 19 heavy (non-hydrogen) atoms. The van der Waals surface area contributed by atoms with Gasteiger partial charge in [0, 0.05) is 11.6 Å². The molecule has 1 aliphatic carbocycles. The summed E-state index contributed by atoms with van der Waals surface area (Å²) in [7, 11) is 0. The highest BCUT2D eigenvalue weighted by molar-refractivity contribution is 5.70. The van der Waals surface area contributed by atoms with Gasteiger partial charge in [0.15, 0.2) is 0 Å². The molecule has 5 heteroatoms. The van der Waals surface area contributed by atoms with Crippen LogP contribution in [0.1, 0.15) is 43.9 Å². The molecule has 1 fully saturated rings. The molecule has 100 valence electrons. The summed E-state index contributed by atoms with van der Waals surface area (Å²) in [6.07, 6.45) is 5.84. The Morgan fingerprint density at radius 1 is 1.16 bits per heavy atom. The van der Waals surface area contributed by atoms with E-state index in [1.54, 1.807) is 0 Å². The number of hydrogen-bond acceptors (Lipinski definition) is 4. The van der Waals surface area contributed by atoms with Crippen LogP contribution in [0, 0.1) is 5.82 Å². The maximum Gasteiger partial charge on any atom is 0.249 e. The van der Waals surface area contributed by atoms with Gasteiger partial charge in [0.1, 0.15) is 5.82 Å². The molecule has 3 rings (SSSR count). The highest BCUT2D eigenvalue weighted by Crippen LogP contribution is 2.34. The molecule has 1 saturated carbocycles. The number of halogens is 1. The van der Waals surface area contributed by atoms with Crippen LogP contribution in [0.25, 0.3) is 11.5 Å².